The van der Waals surface area contributed by atoms with Gasteiger partial charge in [0.25, 0.3) is 0 Å². The van der Waals surface area contributed by atoms with E-state index in [2.05, 4.69) is 53.5 Å². The van der Waals surface area contributed by atoms with Crippen LogP contribution in [-0.2, 0) is 11.5 Å². The zero-order valence-corrected chi connectivity index (χ0v) is 12.5. The molecular formula is C15H18N4S. The third kappa shape index (κ3) is 2.39. The Labute approximate surface area is 123 Å². The lowest BCUT2D eigenvalue weighted by molar-refractivity contribution is 0.867. The van der Waals surface area contributed by atoms with Gasteiger partial charge >= 0.3 is 0 Å². The highest BCUT2D eigenvalue weighted by Gasteiger charge is 2.19. The minimum Gasteiger partial charge on any atom is -0.308 e. The molecule has 0 unspecified atom stereocenters. The Kier molecular flexibility index (Phi) is 3.63. The molecule has 4 nitrogen and oxygen atoms in total. The fourth-order valence-electron chi connectivity index (χ4n) is 2.32. The van der Waals surface area contributed by atoms with Crippen molar-refractivity contribution in [2.75, 3.05) is 5.43 Å². The van der Waals surface area contributed by atoms with E-state index in [1.165, 1.54) is 5.56 Å². The first-order valence-corrected chi connectivity index (χ1v) is 7.89. The summed E-state index contributed by atoms with van der Waals surface area (Å²) in [7, 11) is 0. The number of aromatic nitrogens is 2. The number of nitrogens with zero attached hydrogens (tertiary/aromatic N) is 2. The lowest BCUT2D eigenvalue weighted by atomic mass is 10.0. The second-order valence-electron chi connectivity index (χ2n) is 5.23. The van der Waals surface area contributed by atoms with Crippen molar-refractivity contribution < 1.29 is 0 Å². The summed E-state index contributed by atoms with van der Waals surface area (Å²) in [5.41, 5.74) is 7.29. The molecule has 2 heterocycles. The number of fused-ring (bicyclic) bond motifs is 1. The van der Waals surface area contributed by atoms with E-state index in [0.29, 0.717) is 5.92 Å². The molecule has 1 aliphatic rings. The lowest BCUT2D eigenvalue weighted by Crippen LogP contribution is -2.12. The Morgan fingerprint density at radius 1 is 1.15 bits per heavy atom. The minimum atomic E-state index is 0.530. The van der Waals surface area contributed by atoms with Gasteiger partial charge in [0.05, 0.1) is 5.69 Å². The summed E-state index contributed by atoms with van der Waals surface area (Å²) < 4.78 is 0. The normalized spacial score (nSPS) is 13.6. The van der Waals surface area contributed by atoms with Gasteiger partial charge in [-0.2, -0.15) is 11.8 Å². The maximum Gasteiger partial charge on any atom is 0.161 e. The number of hydrogen-bond donors (Lipinski definition) is 2. The van der Waals surface area contributed by atoms with Crippen LogP contribution in [0.1, 0.15) is 36.6 Å². The first-order chi connectivity index (χ1) is 9.69. The zero-order chi connectivity index (χ0) is 14.1. The van der Waals surface area contributed by atoms with Crippen LogP contribution in [0.3, 0.4) is 0 Å². The average Bonchev–Trinajstić information content (AvgIpc) is 2.94. The van der Waals surface area contributed by atoms with Gasteiger partial charge in [-0.15, -0.1) is 0 Å². The molecule has 0 atom stereocenters. The number of nitrogen functional groups attached to an aromatic ring is 1. The van der Waals surface area contributed by atoms with Crippen molar-refractivity contribution in [3.8, 4) is 11.4 Å². The minimum absolute atomic E-state index is 0.530. The number of anilines is 1. The Morgan fingerprint density at radius 3 is 2.55 bits per heavy atom. The molecular weight excluding hydrogens is 268 g/mol. The van der Waals surface area contributed by atoms with Gasteiger partial charge in [-0.3, -0.25) is 0 Å². The van der Waals surface area contributed by atoms with Crippen molar-refractivity contribution in [2.24, 2.45) is 5.84 Å². The standard InChI is InChI=1S/C15H18N4S/c1-9(2)10-3-5-11(6-4-10)14-17-13-8-20-7-12(13)15(18-14)19-16/h3-6,9H,7-8,16H2,1-2H3,(H,17,18,19). The third-order valence-electron chi connectivity index (χ3n) is 3.55. The van der Waals surface area contributed by atoms with Gasteiger partial charge in [0, 0.05) is 22.6 Å². The topological polar surface area (TPSA) is 63.8 Å². The Bertz CT molecular complexity index is 623. The van der Waals surface area contributed by atoms with E-state index in [1.807, 2.05) is 11.8 Å². The first-order valence-electron chi connectivity index (χ1n) is 6.73. The van der Waals surface area contributed by atoms with Gasteiger partial charge in [-0.25, -0.2) is 15.8 Å². The molecule has 2 aromatic rings. The van der Waals surface area contributed by atoms with E-state index in [-0.39, 0.29) is 0 Å². The predicted octanol–water partition coefficient (Wildman–Crippen LogP) is 3.30. The quantitative estimate of drug-likeness (QED) is 0.669. The van der Waals surface area contributed by atoms with E-state index < -0.39 is 0 Å². The van der Waals surface area contributed by atoms with E-state index in [4.69, 9.17) is 5.84 Å². The van der Waals surface area contributed by atoms with Crippen LogP contribution >= 0.6 is 11.8 Å². The van der Waals surface area contributed by atoms with Gasteiger partial charge in [0.15, 0.2) is 5.82 Å². The first kappa shape index (κ1) is 13.4. The van der Waals surface area contributed by atoms with E-state index in [0.717, 1.165) is 40.0 Å². The summed E-state index contributed by atoms with van der Waals surface area (Å²) in [5, 5.41) is 0. The molecule has 0 spiro atoms. The highest BCUT2D eigenvalue weighted by Crippen LogP contribution is 2.34. The van der Waals surface area contributed by atoms with Crippen molar-refractivity contribution in [3.05, 3.63) is 41.1 Å². The third-order valence-corrected chi connectivity index (χ3v) is 4.52. The largest absolute Gasteiger partial charge is 0.308 e. The molecule has 20 heavy (non-hydrogen) atoms. The van der Waals surface area contributed by atoms with Gasteiger partial charge in [0.1, 0.15) is 5.82 Å². The zero-order valence-electron chi connectivity index (χ0n) is 11.7. The fraction of sp³-hybridized carbons (Fsp3) is 0.333. The van der Waals surface area contributed by atoms with Crippen molar-refractivity contribution in [1.82, 2.24) is 9.97 Å². The molecule has 0 saturated carbocycles. The number of nitrogens with two attached hydrogens (primary N) is 1. The maximum absolute atomic E-state index is 5.58. The highest BCUT2D eigenvalue weighted by atomic mass is 32.2. The summed E-state index contributed by atoms with van der Waals surface area (Å²) in [6.07, 6.45) is 0. The summed E-state index contributed by atoms with van der Waals surface area (Å²) in [6.45, 7) is 4.38. The van der Waals surface area contributed by atoms with Gasteiger partial charge in [-0.05, 0) is 11.5 Å². The van der Waals surface area contributed by atoms with E-state index in [9.17, 15) is 0 Å². The molecule has 0 radical (unpaired) electrons. The van der Waals surface area contributed by atoms with Gasteiger partial charge < -0.3 is 5.43 Å². The van der Waals surface area contributed by atoms with Crippen LogP contribution in [0.25, 0.3) is 11.4 Å². The van der Waals surface area contributed by atoms with Crippen LogP contribution in [0.2, 0.25) is 0 Å². The van der Waals surface area contributed by atoms with Crippen molar-refractivity contribution in [1.29, 1.82) is 0 Å². The van der Waals surface area contributed by atoms with Gasteiger partial charge in [-0.1, -0.05) is 38.1 Å². The number of rotatable bonds is 3. The summed E-state index contributed by atoms with van der Waals surface area (Å²) >= 11 is 1.84. The molecule has 0 amide bonds. The predicted molar refractivity (Wildman–Crippen MR) is 84.4 cm³/mol. The molecule has 1 aromatic heterocycles. The molecule has 104 valence electrons. The summed E-state index contributed by atoms with van der Waals surface area (Å²) in [4.78, 5) is 9.23. The molecule has 1 aromatic carbocycles. The van der Waals surface area contributed by atoms with Crippen LogP contribution in [-0.4, -0.2) is 9.97 Å². The van der Waals surface area contributed by atoms with Crippen molar-refractivity contribution in [3.63, 3.8) is 0 Å². The molecule has 3 N–H and O–H groups in total. The number of hydrogen-bond acceptors (Lipinski definition) is 5. The number of hydrazine groups is 1. The Balaban J connectivity index is 2.02. The van der Waals surface area contributed by atoms with Crippen molar-refractivity contribution >= 4 is 17.6 Å². The van der Waals surface area contributed by atoms with Crippen LogP contribution in [0, 0.1) is 0 Å². The van der Waals surface area contributed by atoms with Gasteiger partial charge in [0.2, 0.25) is 0 Å². The lowest BCUT2D eigenvalue weighted by Gasteiger charge is -2.10. The monoisotopic (exact) mass is 286 g/mol. The molecule has 3 rings (SSSR count). The number of thioether (sulfide) groups is 1. The van der Waals surface area contributed by atoms with Crippen LogP contribution in [0.15, 0.2) is 24.3 Å². The van der Waals surface area contributed by atoms with Crippen LogP contribution in [0.5, 0.6) is 0 Å². The highest BCUT2D eigenvalue weighted by molar-refractivity contribution is 7.98. The summed E-state index contributed by atoms with van der Waals surface area (Å²) in [5.74, 6) is 9.48. The second kappa shape index (κ2) is 5.42. The summed E-state index contributed by atoms with van der Waals surface area (Å²) in [6, 6.07) is 8.45. The molecule has 0 fully saturated rings. The van der Waals surface area contributed by atoms with Crippen molar-refractivity contribution in [2.45, 2.75) is 31.3 Å². The molecule has 0 bridgehead atoms. The molecule has 0 saturated heterocycles. The average molecular weight is 286 g/mol. The van der Waals surface area contributed by atoms with E-state index >= 15 is 0 Å². The molecule has 5 heteroatoms. The molecule has 0 aliphatic carbocycles. The number of nitrogens with one attached hydrogen (secondary N) is 1. The second-order valence-corrected chi connectivity index (χ2v) is 6.22. The maximum atomic E-state index is 5.58. The smallest absolute Gasteiger partial charge is 0.161 e. The fourth-order valence-corrected chi connectivity index (χ4v) is 3.36. The van der Waals surface area contributed by atoms with Crippen LogP contribution in [0.4, 0.5) is 5.82 Å². The Morgan fingerprint density at radius 2 is 1.90 bits per heavy atom. The SMILES string of the molecule is CC(C)c1ccc(-c2nc3c(c(NN)n2)CSC3)cc1. The molecule has 1 aliphatic heterocycles. The van der Waals surface area contributed by atoms with E-state index in [1.54, 1.807) is 0 Å². The Hall–Kier alpha value is -1.59. The van der Waals surface area contributed by atoms with Crippen LogP contribution < -0.4 is 11.3 Å². The number of benzene rings is 1.